The summed E-state index contributed by atoms with van der Waals surface area (Å²) in [4.78, 5) is 12.2. The van der Waals surface area contributed by atoms with Crippen LogP contribution < -0.4 is 10.1 Å². The van der Waals surface area contributed by atoms with E-state index in [4.69, 9.17) is 4.74 Å². The number of hydrogen-bond acceptors (Lipinski definition) is 2. The molecule has 3 nitrogen and oxygen atoms in total. The Morgan fingerprint density at radius 1 is 1.14 bits per heavy atom. The quantitative estimate of drug-likeness (QED) is 0.856. The van der Waals surface area contributed by atoms with Gasteiger partial charge >= 0.3 is 0 Å². The van der Waals surface area contributed by atoms with Crippen molar-refractivity contribution in [3.8, 4) is 5.75 Å². The summed E-state index contributed by atoms with van der Waals surface area (Å²) in [6.07, 6.45) is 1.94. The molecule has 0 saturated carbocycles. The molecule has 0 saturated heterocycles. The molecule has 1 heterocycles. The van der Waals surface area contributed by atoms with Crippen LogP contribution in [-0.2, 0) is 4.79 Å². The lowest BCUT2D eigenvalue weighted by Gasteiger charge is -2.12. The lowest BCUT2D eigenvalue weighted by molar-refractivity contribution is -0.110. The van der Waals surface area contributed by atoms with Crippen LogP contribution in [0, 0.1) is 0 Å². The first-order valence-corrected chi connectivity index (χ1v) is 7.40. The highest BCUT2D eigenvalue weighted by atomic mass is 16.5. The summed E-state index contributed by atoms with van der Waals surface area (Å²) in [7, 11) is 1.68. The molecule has 0 aromatic heterocycles. The topological polar surface area (TPSA) is 38.3 Å². The second-order valence-electron chi connectivity index (χ2n) is 5.71. The third-order valence-corrected chi connectivity index (χ3v) is 3.90. The summed E-state index contributed by atoms with van der Waals surface area (Å²) in [5.41, 5.74) is 4.68. The minimum atomic E-state index is -0.0527. The standard InChI is InChI=1S/C19H19NO2/c1-12(2)15-10-13(8-9-18(15)22-3)11-16-14-6-4-5-7-17(14)20-19(16)21/h4-12H,1-3H3,(H,20,21)/b16-11-. The number of amides is 1. The van der Waals surface area contributed by atoms with Gasteiger partial charge in [0, 0.05) is 16.8 Å². The summed E-state index contributed by atoms with van der Waals surface area (Å²) < 4.78 is 5.41. The molecule has 3 rings (SSSR count). The van der Waals surface area contributed by atoms with Crippen molar-refractivity contribution >= 4 is 23.2 Å². The molecule has 3 heteroatoms. The van der Waals surface area contributed by atoms with Crippen LogP contribution in [0.1, 0.15) is 36.5 Å². The molecule has 1 aliphatic heterocycles. The Kier molecular flexibility index (Phi) is 3.72. The molecule has 0 fully saturated rings. The summed E-state index contributed by atoms with van der Waals surface area (Å²) in [6, 6.07) is 13.8. The highest BCUT2D eigenvalue weighted by Crippen LogP contribution is 2.34. The number of nitrogens with one attached hydrogen (secondary N) is 1. The molecule has 2 aromatic rings. The molecular formula is C19H19NO2. The molecule has 2 aromatic carbocycles. The van der Waals surface area contributed by atoms with Gasteiger partial charge in [-0.2, -0.15) is 0 Å². The SMILES string of the molecule is COc1ccc(/C=C2\C(=O)Nc3ccccc32)cc1C(C)C. The molecule has 0 bridgehead atoms. The number of para-hydroxylation sites is 1. The minimum Gasteiger partial charge on any atom is -0.496 e. The molecule has 1 aliphatic rings. The molecule has 1 N–H and O–H groups in total. The molecule has 22 heavy (non-hydrogen) atoms. The van der Waals surface area contributed by atoms with Crippen LogP contribution in [0.2, 0.25) is 0 Å². The zero-order chi connectivity index (χ0) is 15.7. The smallest absolute Gasteiger partial charge is 0.256 e. The van der Waals surface area contributed by atoms with Crippen LogP contribution in [0.4, 0.5) is 5.69 Å². The number of ether oxygens (including phenoxy) is 1. The van der Waals surface area contributed by atoms with Crippen LogP contribution in [0.3, 0.4) is 0 Å². The van der Waals surface area contributed by atoms with Gasteiger partial charge in [0.2, 0.25) is 0 Å². The molecule has 0 aliphatic carbocycles. The third-order valence-electron chi connectivity index (χ3n) is 3.90. The van der Waals surface area contributed by atoms with Crippen molar-refractivity contribution in [2.24, 2.45) is 0 Å². The summed E-state index contributed by atoms with van der Waals surface area (Å²) in [6.45, 7) is 4.26. The van der Waals surface area contributed by atoms with E-state index in [0.29, 0.717) is 11.5 Å². The maximum absolute atomic E-state index is 12.2. The summed E-state index contributed by atoms with van der Waals surface area (Å²) in [5, 5.41) is 2.90. The number of anilines is 1. The van der Waals surface area contributed by atoms with E-state index in [2.05, 4.69) is 25.2 Å². The Balaban J connectivity index is 2.06. The Labute approximate surface area is 130 Å². The molecular weight excluding hydrogens is 274 g/mol. The Morgan fingerprint density at radius 3 is 2.64 bits per heavy atom. The van der Waals surface area contributed by atoms with Gasteiger partial charge in [0.1, 0.15) is 5.75 Å². The fourth-order valence-electron chi connectivity index (χ4n) is 2.74. The predicted molar refractivity (Wildman–Crippen MR) is 90.0 cm³/mol. The highest BCUT2D eigenvalue weighted by Gasteiger charge is 2.23. The number of rotatable bonds is 3. The van der Waals surface area contributed by atoms with Gasteiger partial charge in [-0.1, -0.05) is 38.1 Å². The lowest BCUT2D eigenvalue weighted by atomic mass is 9.97. The Bertz CT molecular complexity index is 760. The van der Waals surface area contributed by atoms with Crippen molar-refractivity contribution in [1.29, 1.82) is 0 Å². The van der Waals surface area contributed by atoms with Crippen molar-refractivity contribution < 1.29 is 9.53 Å². The lowest BCUT2D eigenvalue weighted by Crippen LogP contribution is -2.03. The fourth-order valence-corrected chi connectivity index (χ4v) is 2.74. The number of benzene rings is 2. The van der Waals surface area contributed by atoms with E-state index < -0.39 is 0 Å². The number of methoxy groups -OCH3 is 1. The van der Waals surface area contributed by atoms with E-state index in [1.807, 2.05) is 42.5 Å². The highest BCUT2D eigenvalue weighted by molar-refractivity contribution is 6.34. The first-order chi connectivity index (χ1) is 10.6. The van der Waals surface area contributed by atoms with E-state index in [1.165, 1.54) is 0 Å². The second kappa shape index (κ2) is 5.68. The molecule has 112 valence electrons. The summed E-state index contributed by atoms with van der Waals surface area (Å²) >= 11 is 0. The van der Waals surface area contributed by atoms with Gasteiger partial charge in [0.15, 0.2) is 0 Å². The van der Waals surface area contributed by atoms with Crippen molar-refractivity contribution in [2.75, 3.05) is 12.4 Å². The zero-order valence-electron chi connectivity index (χ0n) is 13.0. The third kappa shape index (κ3) is 2.50. The largest absolute Gasteiger partial charge is 0.496 e. The fraction of sp³-hybridized carbons (Fsp3) is 0.211. The van der Waals surface area contributed by atoms with Gasteiger partial charge in [0.25, 0.3) is 5.91 Å². The van der Waals surface area contributed by atoms with Gasteiger partial charge in [-0.15, -0.1) is 0 Å². The first kappa shape index (κ1) is 14.4. The van der Waals surface area contributed by atoms with Crippen LogP contribution >= 0.6 is 0 Å². The van der Waals surface area contributed by atoms with Gasteiger partial charge in [0.05, 0.1) is 7.11 Å². The van der Waals surface area contributed by atoms with Crippen molar-refractivity contribution in [3.63, 3.8) is 0 Å². The van der Waals surface area contributed by atoms with E-state index in [9.17, 15) is 4.79 Å². The van der Waals surface area contributed by atoms with Crippen LogP contribution in [-0.4, -0.2) is 13.0 Å². The normalized spacial score (nSPS) is 15.1. The molecule has 1 amide bonds. The predicted octanol–water partition coefficient (Wildman–Crippen LogP) is 4.31. The number of carbonyl (C=O) groups is 1. The van der Waals surface area contributed by atoms with E-state index >= 15 is 0 Å². The Morgan fingerprint density at radius 2 is 1.91 bits per heavy atom. The van der Waals surface area contributed by atoms with Crippen molar-refractivity contribution in [2.45, 2.75) is 19.8 Å². The van der Waals surface area contributed by atoms with E-state index in [1.54, 1.807) is 7.11 Å². The number of carbonyl (C=O) groups excluding carboxylic acids is 1. The molecule has 0 atom stereocenters. The van der Waals surface area contributed by atoms with E-state index in [0.717, 1.165) is 28.1 Å². The minimum absolute atomic E-state index is 0.0527. The first-order valence-electron chi connectivity index (χ1n) is 7.40. The maximum atomic E-state index is 12.2. The van der Waals surface area contributed by atoms with Crippen molar-refractivity contribution in [3.05, 3.63) is 59.2 Å². The zero-order valence-corrected chi connectivity index (χ0v) is 13.0. The second-order valence-corrected chi connectivity index (χ2v) is 5.71. The van der Waals surface area contributed by atoms with Gasteiger partial charge in [-0.3, -0.25) is 4.79 Å². The maximum Gasteiger partial charge on any atom is 0.256 e. The van der Waals surface area contributed by atoms with Crippen LogP contribution in [0.5, 0.6) is 5.75 Å². The average Bonchev–Trinajstić information content (AvgIpc) is 2.83. The summed E-state index contributed by atoms with van der Waals surface area (Å²) in [5.74, 6) is 1.19. The molecule has 0 radical (unpaired) electrons. The van der Waals surface area contributed by atoms with E-state index in [-0.39, 0.29) is 5.91 Å². The van der Waals surface area contributed by atoms with Gasteiger partial charge in [-0.05, 0) is 41.3 Å². The van der Waals surface area contributed by atoms with Gasteiger partial charge < -0.3 is 10.1 Å². The van der Waals surface area contributed by atoms with Crippen LogP contribution in [0.15, 0.2) is 42.5 Å². The van der Waals surface area contributed by atoms with Crippen molar-refractivity contribution in [1.82, 2.24) is 0 Å². The average molecular weight is 293 g/mol. The number of fused-ring (bicyclic) bond motifs is 1. The van der Waals surface area contributed by atoms with Crippen LogP contribution in [0.25, 0.3) is 11.6 Å². The molecule has 0 spiro atoms. The monoisotopic (exact) mass is 293 g/mol. The van der Waals surface area contributed by atoms with Gasteiger partial charge in [-0.25, -0.2) is 0 Å². The molecule has 0 unspecified atom stereocenters. The number of hydrogen-bond donors (Lipinski definition) is 1. The Hall–Kier alpha value is -2.55.